The van der Waals surface area contributed by atoms with E-state index >= 15 is 0 Å². The molecule has 27 heavy (non-hydrogen) atoms. The molecule has 0 amide bonds. The zero-order valence-electron chi connectivity index (χ0n) is 16.2. The Morgan fingerprint density at radius 2 is 1.81 bits per heavy atom. The third kappa shape index (κ3) is 3.44. The van der Waals surface area contributed by atoms with Crippen LogP contribution in [0.2, 0.25) is 0 Å². The first-order valence-electron chi connectivity index (χ1n) is 9.53. The molecular formula is C23H26NO3+. The maximum Gasteiger partial charge on any atom is 0.214 e. The van der Waals surface area contributed by atoms with E-state index in [1.165, 1.54) is 18.2 Å². The average molecular weight is 364 g/mol. The highest BCUT2D eigenvalue weighted by atomic mass is 16.5. The van der Waals surface area contributed by atoms with Crippen LogP contribution in [0.4, 0.5) is 0 Å². The van der Waals surface area contributed by atoms with Crippen LogP contribution in [0.15, 0.2) is 52.9 Å². The van der Waals surface area contributed by atoms with Crippen molar-refractivity contribution < 1.29 is 13.9 Å². The number of nitrogens with zero attached hydrogens (tertiary/aromatic N) is 1. The second kappa shape index (κ2) is 7.47. The zero-order chi connectivity index (χ0) is 18.8. The summed E-state index contributed by atoms with van der Waals surface area (Å²) in [7, 11) is 3.30. The second-order valence-electron chi connectivity index (χ2n) is 7.26. The standard InChI is InChI=1S/C23H26NO3/c1-16-7-6-12-24(15-16)19-14-22(27-20-9-5-4-8-18(19)20)17-10-11-21(25-2)23(13-17)26-3/h4-5,8-11,13-14,16H,6-7,12,15H2,1-3H3/q+1. The van der Waals surface area contributed by atoms with E-state index in [4.69, 9.17) is 13.9 Å². The van der Waals surface area contributed by atoms with Crippen LogP contribution in [-0.2, 0) is 0 Å². The Bertz CT molecular complexity index is 1040. The Morgan fingerprint density at radius 1 is 1.00 bits per heavy atom. The molecule has 2 aromatic carbocycles. The predicted molar refractivity (Wildman–Crippen MR) is 108 cm³/mol. The molecule has 4 heteroatoms. The highest BCUT2D eigenvalue weighted by molar-refractivity contribution is 5.78. The molecule has 2 heterocycles. The summed E-state index contributed by atoms with van der Waals surface area (Å²) < 4.78 is 19.6. The number of hydrogen-bond acceptors (Lipinski definition) is 3. The van der Waals surface area contributed by atoms with Crippen LogP contribution in [0.3, 0.4) is 0 Å². The van der Waals surface area contributed by atoms with Gasteiger partial charge in [-0.25, -0.2) is 4.58 Å². The Labute approximate surface area is 159 Å². The molecule has 4 nitrogen and oxygen atoms in total. The quantitative estimate of drug-likeness (QED) is 0.649. The van der Waals surface area contributed by atoms with Gasteiger partial charge in [0.1, 0.15) is 24.4 Å². The van der Waals surface area contributed by atoms with Gasteiger partial charge in [-0.15, -0.1) is 0 Å². The van der Waals surface area contributed by atoms with E-state index in [0.29, 0.717) is 17.4 Å². The van der Waals surface area contributed by atoms with Gasteiger partial charge in [0.2, 0.25) is 5.36 Å². The van der Waals surface area contributed by atoms with E-state index in [2.05, 4.69) is 29.7 Å². The van der Waals surface area contributed by atoms with Crippen LogP contribution in [0.5, 0.6) is 11.5 Å². The molecular weight excluding hydrogens is 338 g/mol. The number of benzene rings is 2. The summed E-state index contributed by atoms with van der Waals surface area (Å²) in [5, 5.41) is 2.41. The molecule has 0 radical (unpaired) electrons. The number of hydrogen-bond donors (Lipinski definition) is 0. The van der Waals surface area contributed by atoms with Crippen molar-refractivity contribution in [3.63, 3.8) is 0 Å². The molecule has 1 unspecified atom stereocenters. The molecule has 1 aromatic heterocycles. The van der Waals surface area contributed by atoms with Crippen LogP contribution in [-0.4, -0.2) is 27.3 Å². The van der Waals surface area contributed by atoms with E-state index in [1.807, 2.05) is 30.3 Å². The molecule has 0 saturated carbocycles. The first kappa shape index (κ1) is 17.7. The summed E-state index contributed by atoms with van der Waals surface area (Å²) in [6, 6.07) is 16.3. The first-order valence-corrected chi connectivity index (χ1v) is 9.53. The Balaban J connectivity index is 1.94. The van der Waals surface area contributed by atoms with E-state index in [-0.39, 0.29) is 0 Å². The lowest BCUT2D eigenvalue weighted by atomic mass is 10.0. The number of rotatable bonds is 3. The Morgan fingerprint density at radius 3 is 2.59 bits per heavy atom. The van der Waals surface area contributed by atoms with Crippen molar-refractivity contribution in [2.24, 2.45) is 5.92 Å². The summed E-state index contributed by atoms with van der Waals surface area (Å²) >= 11 is 0. The lowest BCUT2D eigenvalue weighted by Gasteiger charge is -2.17. The van der Waals surface area contributed by atoms with Crippen LogP contribution < -0.4 is 19.4 Å². The van der Waals surface area contributed by atoms with Crippen LogP contribution in [0.25, 0.3) is 22.3 Å². The lowest BCUT2D eigenvalue weighted by Crippen LogP contribution is -2.38. The summed E-state index contributed by atoms with van der Waals surface area (Å²) in [5.41, 5.74) is 1.88. The molecule has 1 fully saturated rings. The molecule has 0 aliphatic carbocycles. The fraction of sp³-hybridized carbons (Fsp3) is 0.348. The minimum Gasteiger partial charge on any atom is -0.493 e. The molecule has 3 aromatic rings. The molecule has 1 aliphatic heterocycles. The highest BCUT2D eigenvalue weighted by Gasteiger charge is 2.21. The Hall–Kier alpha value is -2.75. The summed E-state index contributed by atoms with van der Waals surface area (Å²) in [6.45, 7) is 4.50. The predicted octanol–water partition coefficient (Wildman–Crippen LogP) is 4.32. The van der Waals surface area contributed by atoms with Crippen molar-refractivity contribution in [2.45, 2.75) is 19.8 Å². The molecule has 4 rings (SSSR count). The summed E-state index contributed by atoms with van der Waals surface area (Å²) in [4.78, 5) is 0. The van der Waals surface area contributed by atoms with Gasteiger partial charge in [-0.3, -0.25) is 0 Å². The SMILES string of the molecule is COc1ccc(-c2cc(=[N+]3CCCC(C)C3)c3ccccc3o2)cc1OC. The van der Waals surface area contributed by atoms with Gasteiger partial charge < -0.3 is 13.9 Å². The van der Waals surface area contributed by atoms with E-state index in [0.717, 1.165) is 35.4 Å². The largest absolute Gasteiger partial charge is 0.493 e. The highest BCUT2D eigenvalue weighted by Crippen LogP contribution is 2.32. The molecule has 1 saturated heterocycles. The van der Waals surface area contributed by atoms with Gasteiger partial charge in [-0.2, -0.15) is 0 Å². The first-order chi connectivity index (χ1) is 13.2. The van der Waals surface area contributed by atoms with Crippen molar-refractivity contribution >= 4 is 11.0 Å². The van der Waals surface area contributed by atoms with Crippen LogP contribution in [0.1, 0.15) is 19.8 Å². The van der Waals surface area contributed by atoms with Crippen molar-refractivity contribution in [1.82, 2.24) is 4.58 Å². The average Bonchev–Trinajstić information content (AvgIpc) is 2.72. The van der Waals surface area contributed by atoms with Crippen molar-refractivity contribution in [3.8, 4) is 22.8 Å². The number of fused-ring (bicyclic) bond motifs is 1. The van der Waals surface area contributed by atoms with Crippen LogP contribution >= 0.6 is 0 Å². The van der Waals surface area contributed by atoms with Gasteiger partial charge in [0.05, 0.1) is 25.7 Å². The number of para-hydroxylation sites is 1. The minimum absolute atomic E-state index is 0.700. The molecule has 0 bridgehead atoms. The molecule has 0 N–H and O–H groups in total. The van der Waals surface area contributed by atoms with Crippen LogP contribution in [0, 0.1) is 5.92 Å². The molecule has 1 atom stereocenters. The topological polar surface area (TPSA) is 34.6 Å². The summed E-state index contributed by atoms with van der Waals surface area (Å²) in [5.74, 6) is 2.96. The van der Waals surface area contributed by atoms with Gasteiger partial charge in [0.15, 0.2) is 11.5 Å². The molecule has 140 valence electrons. The van der Waals surface area contributed by atoms with Gasteiger partial charge >= 0.3 is 0 Å². The normalized spacial score (nSPS) is 19.1. The van der Waals surface area contributed by atoms with Crippen molar-refractivity contribution in [3.05, 3.63) is 53.9 Å². The zero-order valence-corrected chi connectivity index (χ0v) is 16.2. The molecule has 0 spiro atoms. The van der Waals surface area contributed by atoms with E-state index < -0.39 is 0 Å². The lowest BCUT2D eigenvalue weighted by molar-refractivity contribution is 0.355. The maximum absolute atomic E-state index is 6.26. The fourth-order valence-electron chi connectivity index (χ4n) is 3.92. The van der Waals surface area contributed by atoms with Gasteiger partial charge in [-0.05, 0) is 36.8 Å². The van der Waals surface area contributed by atoms with Gasteiger partial charge in [0.25, 0.3) is 0 Å². The van der Waals surface area contributed by atoms with E-state index in [9.17, 15) is 0 Å². The van der Waals surface area contributed by atoms with Gasteiger partial charge in [0, 0.05) is 17.9 Å². The van der Waals surface area contributed by atoms with Crippen molar-refractivity contribution in [2.75, 3.05) is 27.3 Å². The van der Waals surface area contributed by atoms with E-state index in [1.54, 1.807) is 14.2 Å². The monoisotopic (exact) mass is 364 g/mol. The van der Waals surface area contributed by atoms with Crippen molar-refractivity contribution in [1.29, 1.82) is 0 Å². The smallest absolute Gasteiger partial charge is 0.214 e. The maximum atomic E-state index is 6.26. The number of methoxy groups -OCH3 is 2. The number of ether oxygens (including phenoxy) is 2. The summed E-state index contributed by atoms with van der Waals surface area (Å²) in [6.07, 6.45) is 2.53. The molecule has 1 aliphatic rings. The number of piperidine rings is 1. The Kier molecular flexibility index (Phi) is 4.88. The third-order valence-electron chi connectivity index (χ3n) is 5.32. The minimum atomic E-state index is 0.700. The third-order valence-corrected chi connectivity index (χ3v) is 5.32. The van der Waals surface area contributed by atoms with Gasteiger partial charge in [-0.1, -0.05) is 19.1 Å². The second-order valence-corrected chi connectivity index (χ2v) is 7.26. The fourth-order valence-corrected chi connectivity index (χ4v) is 3.92.